The topological polar surface area (TPSA) is 81.4 Å². The molecule has 3 N–H and O–H groups in total. The summed E-state index contributed by atoms with van der Waals surface area (Å²) in [5.41, 5.74) is 5.28. The van der Waals surface area contributed by atoms with E-state index in [1.165, 1.54) is 13.2 Å². The minimum atomic E-state index is -3.60. The Labute approximate surface area is 140 Å². The fourth-order valence-corrected chi connectivity index (χ4v) is 5.09. The Balaban J connectivity index is 0.00000220. The Hall–Kier alpha value is -0.340. The van der Waals surface area contributed by atoms with E-state index in [4.69, 9.17) is 10.5 Å². The first-order chi connectivity index (χ1) is 9.42. The molecule has 0 radical (unpaired) electrons. The molecular weight excluding hydrogens is 380 g/mol. The van der Waals surface area contributed by atoms with Crippen LogP contribution in [0.4, 0.5) is 0 Å². The average Bonchev–Trinajstić information content (AvgIpc) is 2.86. The molecule has 1 saturated carbocycles. The van der Waals surface area contributed by atoms with Gasteiger partial charge in [-0.1, -0.05) is 12.8 Å². The van der Waals surface area contributed by atoms with Gasteiger partial charge in [-0.25, -0.2) is 13.1 Å². The number of sulfonamides is 1. The van der Waals surface area contributed by atoms with E-state index < -0.39 is 15.6 Å². The summed E-state index contributed by atoms with van der Waals surface area (Å²) in [5.74, 6) is 0.602. The van der Waals surface area contributed by atoms with Crippen LogP contribution in [0.3, 0.4) is 0 Å². The molecule has 0 unspecified atom stereocenters. The van der Waals surface area contributed by atoms with E-state index in [0.717, 1.165) is 25.7 Å². The Morgan fingerprint density at radius 2 is 2.00 bits per heavy atom. The zero-order valence-electron chi connectivity index (χ0n) is 11.8. The molecule has 1 aliphatic carbocycles. The number of nitrogens with two attached hydrogens (primary N) is 1. The van der Waals surface area contributed by atoms with Gasteiger partial charge in [-0.15, -0.1) is 12.4 Å². The fourth-order valence-electron chi connectivity index (χ4n) is 2.57. The lowest BCUT2D eigenvalue weighted by Crippen LogP contribution is -2.51. The van der Waals surface area contributed by atoms with Gasteiger partial charge in [0.1, 0.15) is 5.75 Å². The van der Waals surface area contributed by atoms with Gasteiger partial charge in [-0.2, -0.15) is 0 Å². The molecule has 2 rings (SSSR count). The molecule has 1 aromatic carbocycles. The smallest absolute Gasteiger partial charge is 0.242 e. The van der Waals surface area contributed by atoms with Crippen molar-refractivity contribution < 1.29 is 13.2 Å². The van der Waals surface area contributed by atoms with Crippen molar-refractivity contribution in [3.8, 4) is 5.75 Å². The summed E-state index contributed by atoms with van der Waals surface area (Å²) in [6.07, 6.45) is 3.58. The Morgan fingerprint density at radius 1 is 1.38 bits per heavy atom. The fraction of sp³-hybridized carbons (Fsp3) is 0.538. The maximum Gasteiger partial charge on any atom is 0.242 e. The van der Waals surface area contributed by atoms with E-state index in [-0.39, 0.29) is 17.3 Å². The summed E-state index contributed by atoms with van der Waals surface area (Å²) in [5, 5.41) is 0. The van der Waals surface area contributed by atoms with E-state index in [2.05, 4.69) is 20.7 Å². The normalized spacial score (nSPS) is 17.3. The summed E-state index contributed by atoms with van der Waals surface area (Å²) >= 11 is 3.28. The molecule has 5 nitrogen and oxygen atoms in total. The number of hydrogen-bond donors (Lipinski definition) is 2. The molecule has 120 valence electrons. The predicted octanol–water partition coefficient (Wildman–Crippen LogP) is 2.43. The maximum absolute atomic E-state index is 12.5. The van der Waals surface area contributed by atoms with Crippen molar-refractivity contribution in [2.75, 3.05) is 13.7 Å². The van der Waals surface area contributed by atoms with Crippen molar-refractivity contribution in [2.24, 2.45) is 5.73 Å². The molecule has 0 aromatic heterocycles. The molecule has 1 aliphatic rings. The highest BCUT2D eigenvalue weighted by Gasteiger charge is 2.37. The molecule has 1 fully saturated rings. The van der Waals surface area contributed by atoms with Crippen molar-refractivity contribution in [1.29, 1.82) is 0 Å². The van der Waals surface area contributed by atoms with Crippen LogP contribution in [0.15, 0.2) is 27.6 Å². The van der Waals surface area contributed by atoms with Crippen LogP contribution in [0.2, 0.25) is 0 Å². The quantitative estimate of drug-likeness (QED) is 0.797. The van der Waals surface area contributed by atoms with E-state index in [0.29, 0.717) is 16.8 Å². The van der Waals surface area contributed by atoms with Gasteiger partial charge in [-0.05, 0) is 47.0 Å². The first kappa shape index (κ1) is 18.7. The molecule has 21 heavy (non-hydrogen) atoms. The number of hydrogen-bond acceptors (Lipinski definition) is 4. The third-order valence-corrected chi connectivity index (χ3v) is 6.29. The van der Waals surface area contributed by atoms with Crippen molar-refractivity contribution in [2.45, 2.75) is 36.1 Å². The van der Waals surface area contributed by atoms with Crippen LogP contribution in [-0.4, -0.2) is 27.6 Å². The van der Waals surface area contributed by atoms with Crippen molar-refractivity contribution in [1.82, 2.24) is 4.72 Å². The van der Waals surface area contributed by atoms with Gasteiger partial charge in [0.05, 0.1) is 12.0 Å². The van der Waals surface area contributed by atoms with Gasteiger partial charge in [0, 0.05) is 16.6 Å². The molecule has 0 amide bonds. The highest BCUT2D eigenvalue weighted by atomic mass is 79.9. The van der Waals surface area contributed by atoms with Crippen LogP contribution in [0.5, 0.6) is 5.75 Å². The monoisotopic (exact) mass is 398 g/mol. The second kappa shape index (κ2) is 7.28. The van der Waals surface area contributed by atoms with E-state index in [1.807, 2.05) is 0 Å². The van der Waals surface area contributed by atoms with E-state index >= 15 is 0 Å². The zero-order chi connectivity index (χ0) is 14.8. The average molecular weight is 400 g/mol. The lowest BCUT2D eigenvalue weighted by molar-refractivity contribution is 0.399. The lowest BCUT2D eigenvalue weighted by Gasteiger charge is -2.28. The Bertz CT molecular complexity index is 589. The number of halogens is 2. The van der Waals surface area contributed by atoms with Gasteiger partial charge < -0.3 is 10.5 Å². The summed E-state index contributed by atoms with van der Waals surface area (Å²) < 4.78 is 33.4. The zero-order valence-corrected chi connectivity index (χ0v) is 15.0. The van der Waals surface area contributed by atoms with Crippen LogP contribution in [0.1, 0.15) is 25.7 Å². The first-order valence-corrected chi connectivity index (χ1v) is 8.78. The molecule has 0 atom stereocenters. The van der Waals surface area contributed by atoms with Crippen LogP contribution in [0.25, 0.3) is 0 Å². The van der Waals surface area contributed by atoms with Gasteiger partial charge in [-0.3, -0.25) is 0 Å². The number of methoxy groups -OCH3 is 1. The molecule has 0 bridgehead atoms. The number of rotatable bonds is 5. The number of benzene rings is 1. The minimum Gasteiger partial charge on any atom is -0.497 e. The van der Waals surface area contributed by atoms with Gasteiger partial charge in [0.15, 0.2) is 0 Å². The molecule has 0 spiro atoms. The molecule has 0 saturated heterocycles. The molecule has 1 aromatic rings. The summed E-state index contributed by atoms with van der Waals surface area (Å²) in [6, 6.07) is 4.80. The maximum atomic E-state index is 12.5. The van der Waals surface area contributed by atoms with Gasteiger partial charge >= 0.3 is 0 Å². The third-order valence-electron chi connectivity index (χ3n) is 3.73. The van der Waals surface area contributed by atoms with Gasteiger partial charge in [0.2, 0.25) is 10.0 Å². The Morgan fingerprint density at radius 3 is 2.48 bits per heavy atom. The Kier molecular flexibility index (Phi) is 6.49. The molecule has 8 heteroatoms. The van der Waals surface area contributed by atoms with Gasteiger partial charge in [0.25, 0.3) is 0 Å². The minimum absolute atomic E-state index is 0. The highest BCUT2D eigenvalue weighted by molar-refractivity contribution is 9.10. The van der Waals surface area contributed by atoms with E-state index in [1.54, 1.807) is 12.1 Å². The summed E-state index contributed by atoms with van der Waals surface area (Å²) in [6.45, 7) is 0.319. The van der Waals surface area contributed by atoms with Crippen LogP contribution < -0.4 is 15.2 Å². The molecule has 0 heterocycles. The molecule has 0 aliphatic heterocycles. The molecular formula is C13H20BrClN2O3S. The largest absolute Gasteiger partial charge is 0.497 e. The van der Waals surface area contributed by atoms with Crippen LogP contribution >= 0.6 is 28.3 Å². The van der Waals surface area contributed by atoms with Crippen LogP contribution in [-0.2, 0) is 10.0 Å². The number of nitrogens with one attached hydrogen (secondary N) is 1. The van der Waals surface area contributed by atoms with E-state index in [9.17, 15) is 8.42 Å². The SMILES string of the molecule is COc1ccc(S(=O)(=O)NC2(CN)CCCC2)c(Br)c1.Cl. The third kappa shape index (κ3) is 4.10. The lowest BCUT2D eigenvalue weighted by atomic mass is 10.0. The van der Waals surface area contributed by atoms with Crippen molar-refractivity contribution in [3.05, 3.63) is 22.7 Å². The second-order valence-corrected chi connectivity index (χ2v) is 7.60. The number of ether oxygens (including phenoxy) is 1. The van der Waals surface area contributed by atoms with Crippen molar-refractivity contribution >= 4 is 38.4 Å². The first-order valence-electron chi connectivity index (χ1n) is 6.50. The predicted molar refractivity (Wildman–Crippen MR) is 88.5 cm³/mol. The standard InChI is InChI=1S/C13H19BrN2O3S.ClH/c1-19-10-4-5-12(11(14)8-10)20(17,18)16-13(9-15)6-2-3-7-13;/h4-5,8,16H,2-3,6-7,9,15H2,1H3;1H. The summed E-state index contributed by atoms with van der Waals surface area (Å²) in [7, 11) is -2.06. The summed E-state index contributed by atoms with van der Waals surface area (Å²) in [4.78, 5) is 0.207. The second-order valence-electron chi connectivity index (χ2n) is 5.09. The highest BCUT2D eigenvalue weighted by Crippen LogP contribution is 2.32. The van der Waals surface area contributed by atoms with Crippen molar-refractivity contribution in [3.63, 3.8) is 0 Å². The van der Waals surface area contributed by atoms with Crippen LogP contribution in [0, 0.1) is 0 Å².